The molecule has 5 rings (SSSR count). The number of amides is 1. The molecular formula is C27H28N4O4. The first-order chi connectivity index (χ1) is 16.9. The maximum Gasteiger partial charge on any atom is 0.356 e. The fraction of sp³-hybridized carbons (Fsp3) is 0.296. The summed E-state index contributed by atoms with van der Waals surface area (Å²) in [5.74, 6) is -0.674. The third-order valence-electron chi connectivity index (χ3n) is 6.27. The highest BCUT2D eigenvalue weighted by Gasteiger charge is 2.28. The van der Waals surface area contributed by atoms with E-state index in [0.717, 1.165) is 18.5 Å². The van der Waals surface area contributed by atoms with Crippen molar-refractivity contribution >= 4 is 34.3 Å². The second-order valence-corrected chi connectivity index (χ2v) is 9.30. The minimum absolute atomic E-state index is 0.239. The standard InChI is InChI=1S/C27H28N4O4/c1-16(2)14-31-24(27(33)34-3)23(30-26(32)19-8-9-35-15-19)22-12-21(13-28-25(22)31)29-20-10-17-6-4-5-7-18(17)11-20/h4-9,12-13,15-16,20,29H,10-11,14H2,1-3H3,(H,30,32). The normalized spacial score (nSPS) is 13.3. The average molecular weight is 473 g/mol. The number of nitrogens with zero attached hydrogens (tertiary/aromatic N) is 2. The highest BCUT2D eigenvalue weighted by molar-refractivity contribution is 6.14. The van der Waals surface area contributed by atoms with Gasteiger partial charge in [-0.15, -0.1) is 0 Å². The highest BCUT2D eigenvalue weighted by atomic mass is 16.5. The summed E-state index contributed by atoms with van der Waals surface area (Å²) >= 11 is 0. The topological polar surface area (TPSA) is 98.4 Å². The number of fused-ring (bicyclic) bond motifs is 2. The summed E-state index contributed by atoms with van der Waals surface area (Å²) in [4.78, 5) is 30.6. The summed E-state index contributed by atoms with van der Waals surface area (Å²) in [6.07, 6.45) is 6.44. The Morgan fingerprint density at radius 2 is 1.94 bits per heavy atom. The molecule has 0 radical (unpaired) electrons. The van der Waals surface area contributed by atoms with Crippen LogP contribution in [0.4, 0.5) is 11.4 Å². The lowest BCUT2D eigenvalue weighted by atomic mass is 10.1. The molecule has 1 aliphatic carbocycles. The predicted molar refractivity (Wildman–Crippen MR) is 134 cm³/mol. The van der Waals surface area contributed by atoms with Gasteiger partial charge in [-0.25, -0.2) is 9.78 Å². The molecule has 35 heavy (non-hydrogen) atoms. The van der Waals surface area contributed by atoms with Crippen LogP contribution >= 0.6 is 0 Å². The fourth-order valence-corrected chi connectivity index (χ4v) is 4.76. The van der Waals surface area contributed by atoms with Gasteiger partial charge in [-0.3, -0.25) is 4.79 Å². The van der Waals surface area contributed by atoms with Crippen LogP contribution in [0.5, 0.6) is 0 Å². The van der Waals surface area contributed by atoms with Crippen molar-refractivity contribution in [1.82, 2.24) is 9.55 Å². The lowest BCUT2D eigenvalue weighted by Crippen LogP contribution is -2.19. The van der Waals surface area contributed by atoms with E-state index in [9.17, 15) is 9.59 Å². The SMILES string of the molecule is COC(=O)c1c(NC(=O)c2ccoc2)c2cc(NC3Cc4ccccc4C3)cnc2n1CC(C)C. The van der Waals surface area contributed by atoms with Crippen molar-refractivity contribution in [2.75, 3.05) is 17.7 Å². The Kier molecular flexibility index (Phi) is 6.03. The first-order valence-electron chi connectivity index (χ1n) is 11.7. The van der Waals surface area contributed by atoms with Gasteiger partial charge in [0.25, 0.3) is 5.91 Å². The van der Waals surface area contributed by atoms with Crippen LogP contribution < -0.4 is 10.6 Å². The van der Waals surface area contributed by atoms with Gasteiger partial charge in [0.1, 0.15) is 11.9 Å². The Bertz CT molecular complexity index is 1360. The minimum Gasteiger partial charge on any atom is -0.472 e. The van der Waals surface area contributed by atoms with E-state index in [1.807, 2.05) is 10.6 Å². The number of methoxy groups -OCH3 is 1. The zero-order valence-electron chi connectivity index (χ0n) is 20.0. The molecule has 3 aromatic heterocycles. The van der Waals surface area contributed by atoms with Crippen LogP contribution in [0.3, 0.4) is 0 Å². The second-order valence-electron chi connectivity index (χ2n) is 9.30. The molecule has 0 fully saturated rings. The molecule has 1 aliphatic rings. The highest BCUT2D eigenvalue weighted by Crippen LogP contribution is 2.34. The minimum atomic E-state index is -0.535. The number of nitrogens with one attached hydrogen (secondary N) is 2. The number of benzene rings is 1. The monoisotopic (exact) mass is 472 g/mol. The van der Waals surface area contributed by atoms with Crippen LogP contribution in [-0.4, -0.2) is 34.6 Å². The molecule has 0 spiro atoms. The first-order valence-corrected chi connectivity index (χ1v) is 11.7. The van der Waals surface area contributed by atoms with Gasteiger partial charge in [-0.1, -0.05) is 38.1 Å². The van der Waals surface area contributed by atoms with E-state index in [-0.39, 0.29) is 23.6 Å². The van der Waals surface area contributed by atoms with Gasteiger partial charge in [-0.2, -0.15) is 0 Å². The summed E-state index contributed by atoms with van der Waals surface area (Å²) in [5.41, 5.74) is 5.15. The third kappa shape index (κ3) is 4.39. The lowest BCUT2D eigenvalue weighted by Gasteiger charge is -2.14. The van der Waals surface area contributed by atoms with Crippen molar-refractivity contribution in [2.24, 2.45) is 5.92 Å². The van der Waals surface area contributed by atoms with Gasteiger partial charge < -0.3 is 24.4 Å². The van der Waals surface area contributed by atoms with Crippen LogP contribution in [-0.2, 0) is 24.1 Å². The molecule has 180 valence electrons. The van der Waals surface area contributed by atoms with E-state index in [2.05, 4.69) is 48.7 Å². The summed E-state index contributed by atoms with van der Waals surface area (Å²) in [6, 6.07) is 12.2. The van der Waals surface area contributed by atoms with E-state index in [0.29, 0.717) is 28.8 Å². The molecule has 8 heteroatoms. The van der Waals surface area contributed by atoms with Crippen LogP contribution in [0.1, 0.15) is 45.8 Å². The molecule has 0 aliphatic heterocycles. The Morgan fingerprint density at radius 3 is 2.57 bits per heavy atom. The van der Waals surface area contributed by atoms with Gasteiger partial charge in [-0.05, 0) is 42.0 Å². The quantitative estimate of drug-likeness (QED) is 0.371. The van der Waals surface area contributed by atoms with Crippen LogP contribution in [0.2, 0.25) is 0 Å². The van der Waals surface area contributed by atoms with Gasteiger partial charge >= 0.3 is 5.97 Å². The number of anilines is 2. The molecule has 0 saturated heterocycles. The maximum atomic E-state index is 12.9. The molecule has 1 aromatic carbocycles. The van der Waals surface area contributed by atoms with Crippen LogP contribution in [0.15, 0.2) is 59.5 Å². The number of hydrogen-bond donors (Lipinski definition) is 2. The van der Waals surface area contributed by atoms with Crippen molar-refractivity contribution in [3.05, 3.63) is 77.5 Å². The predicted octanol–water partition coefficient (Wildman–Crippen LogP) is 4.90. The molecule has 0 atom stereocenters. The molecule has 8 nitrogen and oxygen atoms in total. The number of esters is 1. The Balaban J connectivity index is 1.56. The van der Waals surface area contributed by atoms with E-state index in [4.69, 9.17) is 14.1 Å². The van der Waals surface area contributed by atoms with Crippen molar-refractivity contribution in [3.63, 3.8) is 0 Å². The summed E-state index contributed by atoms with van der Waals surface area (Å²) < 4.78 is 12.0. The maximum absolute atomic E-state index is 12.9. The average Bonchev–Trinajstić information content (AvgIpc) is 3.57. The molecule has 0 bridgehead atoms. The molecule has 1 amide bonds. The third-order valence-corrected chi connectivity index (χ3v) is 6.27. The van der Waals surface area contributed by atoms with Crippen molar-refractivity contribution in [2.45, 2.75) is 39.3 Å². The van der Waals surface area contributed by atoms with E-state index < -0.39 is 5.97 Å². The zero-order chi connectivity index (χ0) is 24.5. The first kappa shape index (κ1) is 22.7. The van der Waals surface area contributed by atoms with Crippen molar-refractivity contribution in [3.8, 4) is 0 Å². The second kappa shape index (κ2) is 9.29. The number of pyridine rings is 1. The van der Waals surface area contributed by atoms with Gasteiger partial charge in [0.2, 0.25) is 0 Å². The molecule has 3 heterocycles. The van der Waals surface area contributed by atoms with Crippen molar-refractivity contribution in [1.29, 1.82) is 0 Å². The van der Waals surface area contributed by atoms with E-state index >= 15 is 0 Å². The number of hydrogen-bond acceptors (Lipinski definition) is 6. The number of rotatable bonds is 7. The Morgan fingerprint density at radius 1 is 1.20 bits per heavy atom. The smallest absolute Gasteiger partial charge is 0.356 e. The molecular weight excluding hydrogens is 444 g/mol. The number of aromatic nitrogens is 2. The van der Waals surface area contributed by atoms with Crippen LogP contribution in [0.25, 0.3) is 11.0 Å². The Hall–Kier alpha value is -4.07. The summed E-state index contributed by atoms with van der Waals surface area (Å²) in [6.45, 7) is 4.66. The van der Waals surface area contributed by atoms with Crippen molar-refractivity contribution < 1.29 is 18.7 Å². The molecule has 0 unspecified atom stereocenters. The zero-order valence-corrected chi connectivity index (χ0v) is 20.0. The van der Waals surface area contributed by atoms with Gasteiger partial charge in [0.05, 0.1) is 36.5 Å². The molecule has 2 N–H and O–H groups in total. The number of carbonyl (C=O) groups is 2. The van der Waals surface area contributed by atoms with Gasteiger partial charge in [0, 0.05) is 18.0 Å². The number of carbonyl (C=O) groups excluding carboxylic acids is 2. The fourth-order valence-electron chi connectivity index (χ4n) is 4.76. The van der Waals surface area contributed by atoms with Crippen LogP contribution in [0, 0.1) is 5.92 Å². The largest absolute Gasteiger partial charge is 0.472 e. The molecule has 4 aromatic rings. The number of furan rings is 1. The Labute approximate surface area is 203 Å². The van der Waals surface area contributed by atoms with Gasteiger partial charge in [0.15, 0.2) is 5.69 Å². The van der Waals surface area contributed by atoms with E-state index in [1.165, 1.54) is 30.8 Å². The molecule has 0 saturated carbocycles. The van der Waals surface area contributed by atoms with E-state index in [1.54, 1.807) is 12.3 Å². The summed E-state index contributed by atoms with van der Waals surface area (Å²) in [5, 5.41) is 7.17. The summed E-state index contributed by atoms with van der Waals surface area (Å²) in [7, 11) is 1.33. The number of ether oxygens (including phenoxy) is 1. The lowest BCUT2D eigenvalue weighted by molar-refractivity contribution is 0.0589.